The van der Waals surface area contributed by atoms with E-state index in [0.29, 0.717) is 41.4 Å². The van der Waals surface area contributed by atoms with Gasteiger partial charge in [-0.2, -0.15) is 4.98 Å². The molecule has 0 bridgehead atoms. The number of aromatic nitrogens is 4. The highest BCUT2D eigenvalue weighted by atomic mass is 19.1. The van der Waals surface area contributed by atoms with E-state index < -0.39 is 11.7 Å². The van der Waals surface area contributed by atoms with Crippen molar-refractivity contribution in [3.63, 3.8) is 0 Å². The van der Waals surface area contributed by atoms with Gasteiger partial charge in [-0.15, -0.1) is 0 Å². The monoisotopic (exact) mass is 528 g/mol. The average molecular weight is 529 g/mol. The molecule has 1 aliphatic rings. The number of aromatic amines is 1. The molecule has 4 rings (SSSR count). The van der Waals surface area contributed by atoms with Gasteiger partial charge in [0.1, 0.15) is 5.82 Å². The molecule has 1 aliphatic heterocycles. The molecule has 38 heavy (non-hydrogen) atoms. The Hall–Kier alpha value is -3.45. The first-order valence-corrected chi connectivity index (χ1v) is 12.4. The number of H-pyrrole nitrogens is 1. The van der Waals surface area contributed by atoms with Crippen molar-refractivity contribution >= 4 is 5.91 Å². The van der Waals surface area contributed by atoms with E-state index in [4.69, 9.17) is 24.3 Å². The normalized spacial score (nSPS) is 19.5. The fourth-order valence-corrected chi connectivity index (χ4v) is 3.79. The second-order valence-electron chi connectivity index (χ2n) is 9.58. The topological polar surface area (TPSA) is 135 Å². The van der Waals surface area contributed by atoms with Crippen molar-refractivity contribution in [1.29, 1.82) is 0 Å². The standard InChI is InChI=1S/C26H33FN6O5/c1-26(24(35)28-11-12-33(2)3)15-37-23(38-16-26)22-31-20(17-5-7-18(27)8-6-17)21(32-22)19-9-10-29-25(30-19)36-14-4-13-34/h5-10,23,34H,4,11-16H2,1-3H3,(H,28,35)(H,31,32). The van der Waals surface area contributed by atoms with E-state index in [2.05, 4.69) is 20.3 Å². The molecule has 1 aromatic carbocycles. The zero-order valence-corrected chi connectivity index (χ0v) is 21.7. The van der Waals surface area contributed by atoms with Crippen LogP contribution in [0.15, 0.2) is 36.5 Å². The number of halogens is 1. The number of likely N-dealkylation sites (N-methyl/N-ethyl adjacent to an activating group) is 1. The zero-order chi connectivity index (χ0) is 27.1. The third-order valence-electron chi connectivity index (χ3n) is 5.99. The van der Waals surface area contributed by atoms with Gasteiger partial charge in [-0.1, -0.05) is 0 Å². The highest BCUT2D eigenvalue weighted by Crippen LogP contribution is 2.35. The molecule has 3 heterocycles. The number of rotatable bonds is 11. The number of aliphatic hydroxyl groups is 1. The number of imidazole rings is 1. The number of benzene rings is 1. The molecule has 0 unspecified atom stereocenters. The third-order valence-corrected chi connectivity index (χ3v) is 5.99. The van der Waals surface area contributed by atoms with Crippen LogP contribution in [-0.4, -0.2) is 89.5 Å². The lowest BCUT2D eigenvalue weighted by atomic mass is 9.91. The molecule has 1 saturated heterocycles. The van der Waals surface area contributed by atoms with Gasteiger partial charge in [-0.3, -0.25) is 4.79 Å². The van der Waals surface area contributed by atoms with Crippen molar-refractivity contribution < 1.29 is 28.5 Å². The molecule has 3 aromatic rings. The molecule has 0 saturated carbocycles. The van der Waals surface area contributed by atoms with Gasteiger partial charge in [0.05, 0.1) is 42.3 Å². The Morgan fingerprint density at radius 1 is 1.24 bits per heavy atom. The van der Waals surface area contributed by atoms with Crippen molar-refractivity contribution in [2.75, 3.05) is 53.6 Å². The van der Waals surface area contributed by atoms with Gasteiger partial charge in [-0.05, 0) is 51.4 Å². The molecule has 0 aliphatic carbocycles. The van der Waals surface area contributed by atoms with Crippen LogP contribution in [0.25, 0.3) is 22.6 Å². The number of nitrogens with zero attached hydrogens (tertiary/aromatic N) is 4. The lowest BCUT2D eigenvalue weighted by Gasteiger charge is -2.35. The number of nitrogens with one attached hydrogen (secondary N) is 2. The summed E-state index contributed by atoms with van der Waals surface area (Å²) in [6.45, 7) is 3.60. The van der Waals surface area contributed by atoms with Crippen LogP contribution in [0.2, 0.25) is 0 Å². The van der Waals surface area contributed by atoms with Gasteiger partial charge < -0.3 is 34.5 Å². The van der Waals surface area contributed by atoms with Crippen molar-refractivity contribution in [3.05, 3.63) is 48.2 Å². The van der Waals surface area contributed by atoms with E-state index in [1.54, 1.807) is 31.3 Å². The van der Waals surface area contributed by atoms with E-state index in [0.717, 1.165) is 6.54 Å². The number of hydrogen-bond donors (Lipinski definition) is 3. The Kier molecular flexibility index (Phi) is 9.00. The molecule has 3 N–H and O–H groups in total. The second-order valence-corrected chi connectivity index (χ2v) is 9.58. The maximum Gasteiger partial charge on any atom is 0.316 e. The largest absolute Gasteiger partial charge is 0.463 e. The Labute approximate surface area is 220 Å². The first kappa shape index (κ1) is 27.6. The van der Waals surface area contributed by atoms with Crippen LogP contribution in [0.3, 0.4) is 0 Å². The minimum atomic E-state index is -0.842. The lowest BCUT2D eigenvalue weighted by Crippen LogP contribution is -2.49. The first-order chi connectivity index (χ1) is 18.3. The van der Waals surface area contributed by atoms with Crippen molar-refractivity contribution in [2.45, 2.75) is 19.6 Å². The molecule has 204 valence electrons. The van der Waals surface area contributed by atoms with Crippen molar-refractivity contribution in [2.24, 2.45) is 5.41 Å². The molecular weight excluding hydrogens is 495 g/mol. The number of carbonyl (C=O) groups is 1. The summed E-state index contributed by atoms with van der Waals surface area (Å²) in [5, 5.41) is 11.9. The average Bonchev–Trinajstić information content (AvgIpc) is 3.35. The van der Waals surface area contributed by atoms with Crippen LogP contribution in [0.4, 0.5) is 4.39 Å². The molecule has 0 spiro atoms. The van der Waals surface area contributed by atoms with Gasteiger partial charge in [0.25, 0.3) is 0 Å². The lowest BCUT2D eigenvalue weighted by molar-refractivity contribution is -0.231. The fourth-order valence-electron chi connectivity index (χ4n) is 3.79. The summed E-state index contributed by atoms with van der Waals surface area (Å²) in [5.74, 6) is -0.120. The number of carbonyl (C=O) groups excluding carboxylic acids is 1. The molecule has 2 aromatic heterocycles. The van der Waals surface area contributed by atoms with E-state index in [1.807, 2.05) is 19.0 Å². The number of hydrogen-bond acceptors (Lipinski definition) is 9. The summed E-state index contributed by atoms with van der Waals surface area (Å²) in [5.41, 5.74) is 1.38. The first-order valence-electron chi connectivity index (χ1n) is 12.4. The third kappa shape index (κ3) is 6.70. The van der Waals surface area contributed by atoms with Crippen molar-refractivity contribution in [1.82, 2.24) is 30.2 Å². The number of ether oxygens (including phenoxy) is 3. The zero-order valence-electron chi connectivity index (χ0n) is 21.7. The van der Waals surface area contributed by atoms with Gasteiger partial charge in [0.2, 0.25) is 12.2 Å². The van der Waals surface area contributed by atoms with E-state index in [-0.39, 0.29) is 44.2 Å². The van der Waals surface area contributed by atoms with E-state index in [1.165, 1.54) is 12.1 Å². The van der Waals surface area contributed by atoms with Gasteiger partial charge >= 0.3 is 6.01 Å². The summed E-state index contributed by atoms with van der Waals surface area (Å²) < 4.78 is 31.0. The van der Waals surface area contributed by atoms with Gasteiger partial charge in [0.15, 0.2) is 5.82 Å². The number of amides is 1. The molecule has 0 atom stereocenters. The Balaban J connectivity index is 1.56. The Morgan fingerprint density at radius 3 is 2.66 bits per heavy atom. The quantitative estimate of drug-likeness (QED) is 0.320. The predicted molar refractivity (Wildman–Crippen MR) is 137 cm³/mol. The summed E-state index contributed by atoms with van der Waals surface area (Å²) in [4.78, 5) is 31.3. The maximum atomic E-state index is 13.6. The number of aliphatic hydroxyl groups excluding tert-OH is 1. The SMILES string of the molecule is CN(C)CCNC(=O)C1(C)COC(c2nc(-c3ccc(F)cc3)c(-c3ccnc(OCCCO)n3)[nH]2)OC1. The Bertz CT molecular complexity index is 1210. The summed E-state index contributed by atoms with van der Waals surface area (Å²) in [7, 11) is 3.88. The molecule has 1 fully saturated rings. The van der Waals surface area contributed by atoms with E-state index >= 15 is 0 Å². The van der Waals surface area contributed by atoms with Gasteiger partial charge in [0, 0.05) is 37.9 Å². The molecular formula is C26H33FN6O5. The molecule has 11 nitrogen and oxygen atoms in total. The van der Waals surface area contributed by atoms with Crippen molar-refractivity contribution in [3.8, 4) is 28.7 Å². The predicted octanol–water partition coefficient (Wildman–Crippen LogP) is 2.16. The Morgan fingerprint density at radius 2 is 1.97 bits per heavy atom. The fraction of sp³-hybridized carbons (Fsp3) is 0.462. The second kappa shape index (κ2) is 12.4. The van der Waals surface area contributed by atoms with Gasteiger partial charge in [-0.25, -0.2) is 14.4 Å². The highest BCUT2D eigenvalue weighted by molar-refractivity contribution is 5.82. The van der Waals surface area contributed by atoms with Crippen LogP contribution in [-0.2, 0) is 14.3 Å². The summed E-state index contributed by atoms with van der Waals surface area (Å²) >= 11 is 0. The van der Waals surface area contributed by atoms with Crippen LogP contribution in [0.1, 0.15) is 25.5 Å². The smallest absolute Gasteiger partial charge is 0.316 e. The van der Waals surface area contributed by atoms with Crippen LogP contribution in [0, 0.1) is 11.2 Å². The summed E-state index contributed by atoms with van der Waals surface area (Å²) in [6, 6.07) is 7.79. The van der Waals surface area contributed by atoms with E-state index in [9.17, 15) is 9.18 Å². The molecule has 12 heteroatoms. The van der Waals surface area contributed by atoms with Crippen LogP contribution in [0.5, 0.6) is 6.01 Å². The van der Waals surface area contributed by atoms with Crippen LogP contribution >= 0.6 is 0 Å². The minimum absolute atomic E-state index is 0.00348. The van der Waals surface area contributed by atoms with Crippen LogP contribution < -0.4 is 10.1 Å². The summed E-state index contributed by atoms with van der Waals surface area (Å²) in [6.07, 6.45) is 1.16. The molecule has 0 radical (unpaired) electrons. The highest BCUT2D eigenvalue weighted by Gasteiger charge is 2.40. The minimum Gasteiger partial charge on any atom is -0.463 e. The molecule has 1 amide bonds. The maximum absolute atomic E-state index is 13.6.